The number of hydrogen-bond acceptors (Lipinski definition) is 4. The zero-order valence-electron chi connectivity index (χ0n) is 5.67. The largest absolute Gasteiger partial charge is 0.383 e. The Morgan fingerprint density at radius 3 is 2.75 bits per heavy atom. The lowest BCUT2D eigenvalue weighted by atomic mass is 10.4. The van der Waals surface area contributed by atoms with Crippen molar-refractivity contribution >= 4 is 48.7 Å². The molecular formula is C5H3Br2N5. The first-order chi connectivity index (χ1) is 5.68. The molecule has 0 amide bonds. The van der Waals surface area contributed by atoms with Gasteiger partial charge in [0.2, 0.25) is 4.73 Å². The molecule has 0 aliphatic heterocycles. The Balaban J connectivity index is 2.93. The molecule has 5 nitrogen and oxygen atoms in total. The van der Waals surface area contributed by atoms with Gasteiger partial charge >= 0.3 is 0 Å². The Hall–Kier alpha value is -0.690. The summed E-state index contributed by atoms with van der Waals surface area (Å²) in [4.78, 5) is 7.94. The molecule has 3 N–H and O–H groups in total. The van der Waals surface area contributed by atoms with Crippen LogP contribution in [-0.4, -0.2) is 20.2 Å². The second-order valence-electron chi connectivity index (χ2n) is 2.11. The average molecular weight is 293 g/mol. The van der Waals surface area contributed by atoms with Crippen LogP contribution in [-0.2, 0) is 0 Å². The number of nitrogens with zero attached hydrogens (tertiary/aromatic N) is 3. The van der Waals surface area contributed by atoms with Gasteiger partial charge in [0.1, 0.15) is 10.4 Å². The molecule has 0 atom stereocenters. The topological polar surface area (TPSA) is 80.5 Å². The smallest absolute Gasteiger partial charge is 0.200 e. The minimum atomic E-state index is 0.396. The molecule has 7 heteroatoms. The highest BCUT2D eigenvalue weighted by atomic mass is 79.9. The molecule has 0 radical (unpaired) electrons. The highest BCUT2D eigenvalue weighted by Gasteiger charge is 2.09. The standard InChI is InChI=1S/C5H3Br2N5/c6-2-1-3(8)9-5(7)10-4(1)12-11-2/h(H3,8,9,10,11,12). The maximum Gasteiger partial charge on any atom is 0.200 e. The molecule has 62 valence electrons. The number of nitrogen functional groups attached to an aromatic ring is 1. The lowest BCUT2D eigenvalue weighted by Crippen LogP contribution is -1.93. The summed E-state index contributed by atoms with van der Waals surface area (Å²) in [5.74, 6) is 0.396. The fourth-order valence-electron chi connectivity index (χ4n) is 0.888. The quantitative estimate of drug-likeness (QED) is 0.721. The molecule has 2 rings (SSSR count). The van der Waals surface area contributed by atoms with E-state index >= 15 is 0 Å². The van der Waals surface area contributed by atoms with Gasteiger partial charge in [0.25, 0.3) is 0 Å². The first kappa shape index (κ1) is 7.93. The number of halogens is 2. The summed E-state index contributed by atoms with van der Waals surface area (Å²) in [6.45, 7) is 0. The molecule has 0 aliphatic rings. The Morgan fingerprint density at radius 2 is 2.00 bits per heavy atom. The zero-order valence-corrected chi connectivity index (χ0v) is 8.85. The Kier molecular flexibility index (Phi) is 1.76. The average Bonchev–Trinajstić information content (AvgIpc) is 2.31. The highest BCUT2D eigenvalue weighted by molar-refractivity contribution is 9.10. The van der Waals surface area contributed by atoms with Crippen LogP contribution in [0.4, 0.5) is 5.82 Å². The number of anilines is 1. The molecule has 0 fully saturated rings. The van der Waals surface area contributed by atoms with E-state index in [4.69, 9.17) is 5.73 Å². The van der Waals surface area contributed by atoms with Gasteiger partial charge in [0.15, 0.2) is 5.65 Å². The van der Waals surface area contributed by atoms with Crippen LogP contribution in [0.5, 0.6) is 0 Å². The van der Waals surface area contributed by atoms with Crippen LogP contribution in [0.25, 0.3) is 11.0 Å². The summed E-state index contributed by atoms with van der Waals surface area (Å²) in [6, 6.07) is 0. The van der Waals surface area contributed by atoms with Crippen LogP contribution in [0.15, 0.2) is 9.34 Å². The summed E-state index contributed by atoms with van der Waals surface area (Å²) < 4.78 is 1.13. The normalized spacial score (nSPS) is 10.8. The fraction of sp³-hybridized carbons (Fsp3) is 0. The van der Waals surface area contributed by atoms with Gasteiger partial charge in [-0.15, -0.1) is 0 Å². The van der Waals surface area contributed by atoms with Gasteiger partial charge in [-0.2, -0.15) is 10.1 Å². The molecule has 12 heavy (non-hydrogen) atoms. The third-order valence-corrected chi connectivity index (χ3v) is 2.30. The van der Waals surface area contributed by atoms with Gasteiger partial charge in [-0.3, -0.25) is 5.10 Å². The monoisotopic (exact) mass is 291 g/mol. The van der Waals surface area contributed by atoms with E-state index in [2.05, 4.69) is 52.0 Å². The minimum Gasteiger partial charge on any atom is -0.383 e. The number of nitrogens with one attached hydrogen (secondary N) is 1. The Morgan fingerprint density at radius 1 is 1.25 bits per heavy atom. The first-order valence-corrected chi connectivity index (χ1v) is 4.59. The number of fused-ring (bicyclic) bond motifs is 1. The predicted octanol–water partition coefficient (Wildman–Crippen LogP) is 1.46. The summed E-state index contributed by atoms with van der Waals surface area (Å²) in [6.07, 6.45) is 0. The van der Waals surface area contributed by atoms with Gasteiger partial charge in [0, 0.05) is 0 Å². The molecule has 0 aromatic carbocycles. The molecule has 2 heterocycles. The van der Waals surface area contributed by atoms with E-state index in [0.717, 1.165) is 0 Å². The molecule has 0 saturated heterocycles. The maximum atomic E-state index is 5.63. The van der Waals surface area contributed by atoms with Crippen LogP contribution in [0.2, 0.25) is 0 Å². The number of nitrogens with two attached hydrogens (primary N) is 1. The van der Waals surface area contributed by atoms with E-state index in [1.807, 2.05) is 0 Å². The molecule has 0 bridgehead atoms. The van der Waals surface area contributed by atoms with Crippen LogP contribution >= 0.6 is 31.9 Å². The van der Waals surface area contributed by atoms with Crippen molar-refractivity contribution in [3.05, 3.63) is 9.34 Å². The van der Waals surface area contributed by atoms with Crippen molar-refractivity contribution in [1.82, 2.24) is 20.2 Å². The van der Waals surface area contributed by atoms with E-state index in [0.29, 0.717) is 26.2 Å². The van der Waals surface area contributed by atoms with Crippen molar-refractivity contribution in [2.45, 2.75) is 0 Å². The zero-order chi connectivity index (χ0) is 8.72. The Bertz CT molecular complexity index is 437. The predicted molar refractivity (Wildman–Crippen MR) is 51.5 cm³/mol. The first-order valence-electron chi connectivity index (χ1n) is 3.01. The third kappa shape index (κ3) is 1.09. The number of aromatic amines is 1. The van der Waals surface area contributed by atoms with Gasteiger partial charge in [-0.05, 0) is 31.9 Å². The van der Waals surface area contributed by atoms with E-state index < -0.39 is 0 Å². The van der Waals surface area contributed by atoms with Gasteiger partial charge in [0.05, 0.1) is 5.39 Å². The fourth-order valence-corrected chi connectivity index (χ4v) is 1.72. The lowest BCUT2D eigenvalue weighted by molar-refractivity contribution is 1.06. The van der Waals surface area contributed by atoms with Crippen molar-refractivity contribution < 1.29 is 0 Å². The van der Waals surface area contributed by atoms with E-state index in [-0.39, 0.29) is 0 Å². The number of hydrogen-bond donors (Lipinski definition) is 2. The molecule has 0 spiro atoms. The van der Waals surface area contributed by atoms with Gasteiger partial charge in [-0.1, -0.05) is 0 Å². The Labute approximate surface area is 84.0 Å². The van der Waals surface area contributed by atoms with Gasteiger partial charge < -0.3 is 5.73 Å². The number of aromatic nitrogens is 4. The molecular weight excluding hydrogens is 290 g/mol. The van der Waals surface area contributed by atoms with E-state index in [1.165, 1.54) is 0 Å². The van der Waals surface area contributed by atoms with Crippen molar-refractivity contribution in [2.24, 2.45) is 0 Å². The van der Waals surface area contributed by atoms with E-state index in [1.54, 1.807) is 0 Å². The highest BCUT2D eigenvalue weighted by Crippen LogP contribution is 2.24. The number of H-pyrrole nitrogens is 1. The lowest BCUT2D eigenvalue weighted by Gasteiger charge is -1.94. The maximum absolute atomic E-state index is 5.63. The van der Waals surface area contributed by atoms with Gasteiger partial charge in [-0.25, -0.2) is 4.98 Å². The van der Waals surface area contributed by atoms with Crippen LogP contribution < -0.4 is 5.73 Å². The molecule has 2 aromatic rings. The SMILES string of the molecule is Nc1nc(Br)nc2n[nH]c(Br)c12. The molecule has 0 saturated carbocycles. The summed E-state index contributed by atoms with van der Waals surface area (Å²) in [5.41, 5.74) is 6.17. The number of rotatable bonds is 0. The molecule has 0 unspecified atom stereocenters. The summed E-state index contributed by atoms with van der Waals surface area (Å²) in [5, 5.41) is 7.32. The summed E-state index contributed by atoms with van der Waals surface area (Å²) >= 11 is 6.37. The van der Waals surface area contributed by atoms with Crippen LogP contribution in [0.1, 0.15) is 0 Å². The van der Waals surface area contributed by atoms with E-state index in [9.17, 15) is 0 Å². The van der Waals surface area contributed by atoms with Crippen molar-refractivity contribution in [1.29, 1.82) is 0 Å². The van der Waals surface area contributed by atoms with Crippen molar-refractivity contribution in [3.8, 4) is 0 Å². The second kappa shape index (κ2) is 2.67. The third-order valence-electron chi connectivity index (χ3n) is 1.37. The van der Waals surface area contributed by atoms with Crippen molar-refractivity contribution in [2.75, 3.05) is 5.73 Å². The van der Waals surface area contributed by atoms with Crippen LogP contribution in [0, 0.1) is 0 Å². The van der Waals surface area contributed by atoms with Crippen LogP contribution in [0.3, 0.4) is 0 Å². The summed E-state index contributed by atoms with van der Waals surface area (Å²) in [7, 11) is 0. The molecule has 0 aliphatic carbocycles. The second-order valence-corrected chi connectivity index (χ2v) is 3.62. The molecule has 2 aromatic heterocycles. The van der Waals surface area contributed by atoms with Crippen molar-refractivity contribution in [3.63, 3.8) is 0 Å². The minimum absolute atomic E-state index is 0.396.